The molecule has 5 nitrogen and oxygen atoms in total. The molecule has 4 rings (SSSR count). The van der Waals surface area contributed by atoms with Gasteiger partial charge in [0.1, 0.15) is 11.5 Å². The number of ether oxygens (including phenoxy) is 2. The molecule has 5 heteroatoms. The van der Waals surface area contributed by atoms with E-state index in [1.807, 2.05) is 6.92 Å². The molecule has 3 heterocycles. The smallest absolute Gasteiger partial charge is 0.260 e. The summed E-state index contributed by atoms with van der Waals surface area (Å²) in [5.74, 6) is 0.900. The highest BCUT2D eigenvalue weighted by Crippen LogP contribution is 2.39. The van der Waals surface area contributed by atoms with E-state index in [0.717, 1.165) is 19.4 Å². The Morgan fingerprint density at radius 2 is 2.00 bits per heavy atom. The van der Waals surface area contributed by atoms with E-state index < -0.39 is 0 Å². The van der Waals surface area contributed by atoms with E-state index >= 15 is 0 Å². The zero-order valence-corrected chi connectivity index (χ0v) is 11.2. The minimum atomic E-state index is -0.176. The highest BCUT2D eigenvalue weighted by Gasteiger charge is 2.39. The second kappa shape index (κ2) is 3.98. The summed E-state index contributed by atoms with van der Waals surface area (Å²) in [6, 6.07) is 3.33. The Morgan fingerprint density at radius 1 is 1.20 bits per heavy atom. The maximum Gasteiger partial charge on any atom is 0.260 e. The van der Waals surface area contributed by atoms with Crippen molar-refractivity contribution in [2.45, 2.75) is 26.0 Å². The number of nitrogens with zero attached hydrogens (tertiary/aromatic N) is 1. The Balaban J connectivity index is 1.83. The van der Waals surface area contributed by atoms with Crippen LogP contribution in [0.1, 0.15) is 40.5 Å². The lowest BCUT2D eigenvalue weighted by molar-refractivity contribution is 0.0290. The van der Waals surface area contributed by atoms with E-state index in [1.54, 1.807) is 17.0 Å². The summed E-state index contributed by atoms with van der Waals surface area (Å²) in [6.45, 7) is 2.94. The molecule has 3 aliphatic rings. The van der Waals surface area contributed by atoms with Crippen molar-refractivity contribution in [1.29, 1.82) is 0 Å². The molecule has 0 saturated carbocycles. The monoisotopic (exact) mass is 273 g/mol. The Bertz CT molecular complexity index is 625. The van der Waals surface area contributed by atoms with Crippen molar-refractivity contribution in [3.05, 3.63) is 23.3 Å². The summed E-state index contributed by atoms with van der Waals surface area (Å²) >= 11 is 0. The van der Waals surface area contributed by atoms with Crippen LogP contribution in [0.25, 0.3) is 0 Å². The van der Waals surface area contributed by atoms with Crippen molar-refractivity contribution < 1.29 is 19.1 Å². The summed E-state index contributed by atoms with van der Waals surface area (Å²) in [7, 11) is 0. The normalized spacial score (nSPS) is 27.4. The van der Waals surface area contributed by atoms with Crippen LogP contribution in [0.2, 0.25) is 0 Å². The molecular weight excluding hydrogens is 258 g/mol. The number of carbonyl (C=O) groups is 2. The number of ketones is 1. The van der Waals surface area contributed by atoms with E-state index in [-0.39, 0.29) is 23.8 Å². The second-order valence-electron chi connectivity index (χ2n) is 5.63. The fourth-order valence-corrected chi connectivity index (χ4v) is 3.08. The molecule has 2 atom stereocenters. The molecule has 0 bridgehead atoms. The fraction of sp³-hybridized carbons (Fsp3) is 0.467. The van der Waals surface area contributed by atoms with Gasteiger partial charge in [-0.25, -0.2) is 0 Å². The molecule has 1 saturated heterocycles. The Kier molecular flexibility index (Phi) is 2.34. The van der Waals surface area contributed by atoms with Crippen molar-refractivity contribution in [2.24, 2.45) is 5.92 Å². The molecule has 0 N–H and O–H groups in total. The van der Waals surface area contributed by atoms with Gasteiger partial charge in [0.15, 0.2) is 12.0 Å². The van der Waals surface area contributed by atoms with Gasteiger partial charge >= 0.3 is 0 Å². The number of amides is 1. The quantitative estimate of drug-likeness (QED) is 0.724. The molecule has 20 heavy (non-hydrogen) atoms. The van der Waals surface area contributed by atoms with Crippen LogP contribution in [0.15, 0.2) is 12.1 Å². The van der Waals surface area contributed by atoms with Gasteiger partial charge in [-0.3, -0.25) is 9.59 Å². The van der Waals surface area contributed by atoms with Crippen molar-refractivity contribution in [3.63, 3.8) is 0 Å². The van der Waals surface area contributed by atoms with Crippen LogP contribution in [0.5, 0.6) is 11.5 Å². The number of hydrogen-bond donors (Lipinski definition) is 0. The molecule has 2 unspecified atom stereocenters. The third-order valence-corrected chi connectivity index (χ3v) is 4.24. The van der Waals surface area contributed by atoms with Crippen LogP contribution in [-0.4, -0.2) is 36.0 Å². The first kappa shape index (κ1) is 11.8. The zero-order valence-electron chi connectivity index (χ0n) is 11.2. The van der Waals surface area contributed by atoms with Crippen molar-refractivity contribution in [1.82, 2.24) is 4.90 Å². The molecule has 1 fully saturated rings. The van der Waals surface area contributed by atoms with Gasteiger partial charge in [-0.1, -0.05) is 6.92 Å². The highest BCUT2D eigenvalue weighted by atomic mass is 16.5. The summed E-state index contributed by atoms with van der Waals surface area (Å²) in [5, 5.41) is 0. The van der Waals surface area contributed by atoms with Crippen molar-refractivity contribution in [2.75, 3.05) is 13.2 Å². The topological polar surface area (TPSA) is 55.8 Å². The number of fused-ring (bicyclic) bond motifs is 3. The lowest BCUT2D eigenvalue weighted by atomic mass is 9.94. The van der Waals surface area contributed by atoms with Crippen LogP contribution in [-0.2, 0) is 0 Å². The predicted molar refractivity (Wildman–Crippen MR) is 70.1 cm³/mol. The summed E-state index contributed by atoms with van der Waals surface area (Å²) in [6.07, 6.45) is 1.63. The third-order valence-electron chi connectivity index (χ3n) is 4.24. The Hall–Kier alpha value is -2.04. The van der Waals surface area contributed by atoms with Crippen LogP contribution < -0.4 is 9.47 Å². The Labute approximate surface area is 116 Å². The first-order valence-corrected chi connectivity index (χ1v) is 6.98. The van der Waals surface area contributed by atoms with Gasteiger partial charge in [-0.2, -0.15) is 0 Å². The van der Waals surface area contributed by atoms with Crippen LogP contribution in [0.3, 0.4) is 0 Å². The van der Waals surface area contributed by atoms with Gasteiger partial charge in [0.2, 0.25) is 0 Å². The van der Waals surface area contributed by atoms with E-state index in [4.69, 9.17) is 9.47 Å². The van der Waals surface area contributed by atoms with E-state index in [9.17, 15) is 9.59 Å². The predicted octanol–water partition coefficient (Wildman–Crippen LogP) is 1.85. The van der Waals surface area contributed by atoms with Gasteiger partial charge in [0.25, 0.3) is 5.91 Å². The number of hydrogen-bond acceptors (Lipinski definition) is 4. The van der Waals surface area contributed by atoms with Crippen LogP contribution >= 0.6 is 0 Å². The number of benzene rings is 1. The molecule has 0 aromatic heterocycles. The molecule has 1 aromatic carbocycles. The molecule has 1 amide bonds. The maximum absolute atomic E-state index is 12.4. The minimum Gasteiger partial charge on any atom is -0.492 e. The number of Topliss-reactive ketones (excluding diaryl/α,β-unsaturated/α-hetero) is 1. The summed E-state index contributed by atoms with van der Waals surface area (Å²) in [5.41, 5.74) is 1.03. The summed E-state index contributed by atoms with van der Waals surface area (Å²) < 4.78 is 11.5. The average molecular weight is 273 g/mol. The first-order valence-electron chi connectivity index (χ1n) is 6.98. The molecule has 3 aliphatic heterocycles. The van der Waals surface area contributed by atoms with Gasteiger partial charge in [-0.15, -0.1) is 0 Å². The number of rotatable bonds is 0. The SMILES string of the molecule is CC1COc2cc3c(cc2C1=O)OC1CCCN1C3=O. The average Bonchev–Trinajstić information content (AvgIpc) is 2.91. The molecule has 0 spiro atoms. The van der Waals surface area contributed by atoms with Crippen molar-refractivity contribution in [3.8, 4) is 11.5 Å². The van der Waals surface area contributed by atoms with Crippen LogP contribution in [0.4, 0.5) is 0 Å². The highest BCUT2D eigenvalue weighted by molar-refractivity contribution is 6.05. The molecule has 104 valence electrons. The van der Waals surface area contributed by atoms with E-state index in [2.05, 4.69) is 0 Å². The van der Waals surface area contributed by atoms with Gasteiger partial charge in [0.05, 0.1) is 23.7 Å². The molecule has 1 aromatic rings. The van der Waals surface area contributed by atoms with E-state index in [0.29, 0.717) is 29.2 Å². The largest absolute Gasteiger partial charge is 0.492 e. The number of carbonyl (C=O) groups excluding carboxylic acids is 2. The fourth-order valence-electron chi connectivity index (χ4n) is 3.08. The second-order valence-corrected chi connectivity index (χ2v) is 5.63. The zero-order chi connectivity index (χ0) is 13.9. The first-order chi connectivity index (χ1) is 9.65. The van der Waals surface area contributed by atoms with E-state index in [1.165, 1.54) is 0 Å². The molecule has 0 radical (unpaired) electrons. The van der Waals surface area contributed by atoms with Crippen LogP contribution in [0, 0.1) is 5.92 Å². The van der Waals surface area contributed by atoms with Gasteiger partial charge in [-0.05, 0) is 18.6 Å². The molecular formula is C15H15NO4. The van der Waals surface area contributed by atoms with Crippen molar-refractivity contribution >= 4 is 11.7 Å². The maximum atomic E-state index is 12.4. The minimum absolute atomic E-state index is 0.0220. The lowest BCUT2D eigenvalue weighted by Crippen LogP contribution is -2.43. The van der Waals surface area contributed by atoms with Gasteiger partial charge < -0.3 is 14.4 Å². The summed E-state index contributed by atoms with van der Waals surface area (Å²) in [4.78, 5) is 26.4. The standard InChI is InChI=1S/C15H15NO4/c1-8-7-19-11-6-10-12(5-9(11)14(8)17)20-13-3-2-4-16(13)15(10)18/h5-6,8,13H,2-4,7H2,1H3. The third kappa shape index (κ3) is 1.49. The Morgan fingerprint density at radius 3 is 2.85 bits per heavy atom. The van der Waals surface area contributed by atoms with Gasteiger partial charge in [0, 0.05) is 13.0 Å². The lowest BCUT2D eigenvalue weighted by Gasteiger charge is -2.33. The molecule has 0 aliphatic carbocycles.